The third-order valence-corrected chi connectivity index (χ3v) is 3.12. The number of carbonyl (C=O) groups excluding carboxylic acids is 1. The molecule has 1 amide bonds. The standard InChI is InChI=1S/C13H18N2O2/c1-3-9(2)7-15-11-5-4-10(14)6-12(11)17-8-13(15)16/h4-6,9H,3,7-8,14H2,1-2H3. The molecule has 0 spiro atoms. The van der Waals surface area contributed by atoms with Crippen LogP contribution in [0, 0.1) is 5.92 Å². The molecule has 2 N–H and O–H groups in total. The van der Waals surface area contributed by atoms with Crippen LogP contribution in [0.2, 0.25) is 0 Å². The predicted octanol–water partition coefficient (Wildman–Crippen LogP) is 2.04. The second kappa shape index (κ2) is 4.65. The SMILES string of the molecule is CCC(C)CN1C(=O)COc2cc(N)ccc21. The quantitative estimate of drug-likeness (QED) is 0.814. The fraction of sp³-hybridized carbons (Fsp3) is 0.462. The van der Waals surface area contributed by atoms with Gasteiger partial charge in [-0.2, -0.15) is 0 Å². The highest BCUT2D eigenvalue weighted by atomic mass is 16.5. The first-order chi connectivity index (χ1) is 8.11. The molecule has 1 aromatic rings. The van der Waals surface area contributed by atoms with Crippen molar-refractivity contribution in [2.45, 2.75) is 20.3 Å². The monoisotopic (exact) mass is 234 g/mol. The van der Waals surface area contributed by atoms with Gasteiger partial charge >= 0.3 is 0 Å². The summed E-state index contributed by atoms with van der Waals surface area (Å²) in [5.74, 6) is 1.19. The summed E-state index contributed by atoms with van der Waals surface area (Å²) in [5.41, 5.74) is 7.19. The fourth-order valence-electron chi connectivity index (χ4n) is 1.86. The molecule has 0 aromatic heterocycles. The lowest BCUT2D eigenvalue weighted by Crippen LogP contribution is -2.41. The van der Waals surface area contributed by atoms with Crippen molar-refractivity contribution in [2.75, 3.05) is 23.8 Å². The van der Waals surface area contributed by atoms with Crippen molar-refractivity contribution in [3.63, 3.8) is 0 Å². The van der Waals surface area contributed by atoms with Crippen LogP contribution < -0.4 is 15.4 Å². The molecular weight excluding hydrogens is 216 g/mol. The summed E-state index contributed by atoms with van der Waals surface area (Å²) in [6.45, 7) is 5.10. The minimum Gasteiger partial charge on any atom is -0.481 e. The van der Waals surface area contributed by atoms with Gasteiger partial charge in [0.2, 0.25) is 0 Å². The Hall–Kier alpha value is -1.71. The van der Waals surface area contributed by atoms with E-state index >= 15 is 0 Å². The number of amides is 1. The van der Waals surface area contributed by atoms with Crippen molar-refractivity contribution in [1.29, 1.82) is 0 Å². The van der Waals surface area contributed by atoms with E-state index in [2.05, 4.69) is 13.8 Å². The molecule has 1 aliphatic rings. The third kappa shape index (κ3) is 2.35. The number of hydrogen-bond acceptors (Lipinski definition) is 3. The minimum absolute atomic E-state index is 0.0163. The number of fused-ring (bicyclic) bond motifs is 1. The van der Waals surface area contributed by atoms with Crippen LogP contribution in [0.4, 0.5) is 11.4 Å². The van der Waals surface area contributed by atoms with Crippen LogP contribution in [-0.4, -0.2) is 19.1 Å². The van der Waals surface area contributed by atoms with Crippen molar-refractivity contribution in [3.05, 3.63) is 18.2 Å². The smallest absolute Gasteiger partial charge is 0.265 e. The van der Waals surface area contributed by atoms with Gasteiger partial charge < -0.3 is 15.4 Å². The maximum Gasteiger partial charge on any atom is 0.265 e. The normalized spacial score (nSPS) is 16.4. The highest BCUT2D eigenvalue weighted by Crippen LogP contribution is 2.34. The van der Waals surface area contributed by atoms with Gasteiger partial charge in [0.25, 0.3) is 5.91 Å². The molecule has 4 nitrogen and oxygen atoms in total. The number of benzene rings is 1. The number of ether oxygens (including phenoxy) is 1. The fourth-order valence-corrected chi connectivity index (χ4v) is 1.86. The van der Waals surface area contributed by atoms with Gasteiger partial charge in [0.05, 0.1) is 5.69 Å². The Morgan fingerprint density at radius 1 is 1.53 bits per heavy atom. The second-order valence-electron chi connectivity index (χ2n) is 4.53. The first kappa shape index (κ1) is 11.8. The van der Waals surface area contributed by atoms with Gasteiger partial charge in [0, 0.05) is 18.3 Å². The van der Waals surface area contributed by atoms with E-state index in [-0.39, 0.29) is 12.5 Å². The Kier molecular flexibility index (Phi) is 3.22. The maximum absolute atomic E-state index is 11.9. The molecule has 0 aliphatic carbocycles. The topological polar surface area (TPSA) is 55.6 Å². The molecule has 17 heavy (non-hydrogen) atoms. The summed E-state index contributed by atoms with van der Waals surface area (Å²) in [5, 5.41) is 0. The zero-order valence-electron chi connectivity index (χ0n) is 10.3. The number of rotatable bonds is 3. The van der Waals surface area contributed by atoms with Crippen molar-refractivity contribution in [1.82, 2.24) is 0 Å². The van der Waals surface area contributed by atoms with E-state index < -0.39 is 0 Å². The van der Waals surface area contributed by atoms with E-state index in [4.69, 9.17) is 10.5 Å². The van der Waals surface area contributed by atoms with Gasteiger partial charge in [-0.15, -0.1) is 0 Å². The lowest BCUT2D eigenvalue weighted by Gasteiger charge is -2.31. The van der Waals surface area contributed by atoms with E-state index in [9.17, 15) is 4.79 Å². The third-order valence-electron chi connectivity index (χ3n) is 3.12. The lowest BCUT2D eigenvalue weighted by atomic mass is 10.1. The molecule has 1 aromatic carbocycles. The first-order valence-electron chi connectivity index (χ1n) is 5.94. The van der Waals surface area contributed by atoms with Gasteiger partial charge in [0.1, 0.15) is 5.75 Å². The predicted molar refractivity (Wildman–Crippen MR) is 68.2 cm³/mol. The Morgan fingerprint density at radius 3 is 3.00 bits per heavy atom. The van der Waals surface area contributed by atoms with Gasteiger partial charge in [0.15, 0.2) is 6.61 Å². The number of carbonyl (C=O) groups is 1. The zero-order valence-corrected chi connectivity index (χ0v) is 10.3. The molecule has 0 saturated heterocycles. The number of nitrogens with two attached hydrogens (primary N) is 1. The number of anilines is 2. The van der Waals surface area contributed by atoms with Crippen LogP contribution in [0.25, 0.3) is 0 Å². The summed E-state index contributed by atoms with van der Waals surface area (Å²) in [7, 11) is 0. The highest BCUT2D eigenvalue weighted by Gasteiger charge is 2.26. The van der Waals surface area contributed by atoms with E-state index in [1.165, 1.54) is 0 Å². The molecule has 1 atom stereocenters. The molecule has 1 unspecified atom stereocenters. The largest absolute Gasteiger partial charge is 0.481 e. The molecule has 2 rings (SSSR count). The Labute approximate surface area is 101 Å². The molecule has 0 radical (unpaired) electrons. The molecular formula is C13H18N2O2. The molecule has 1 heterocycles. The van der Waals surface area contributed by atoms with Gasteiger partial charge in [-0.3, -0.25) is 4.79 Å². The molecule has 0 saturated carbocycles. The molecule has 1 aliphatic heterocycles. The van der Waals surface area contributed by atoms with Crippen LogP contribution >= 0.6 is 0 Å². The number of nitrogens with zero attached hydrogens (tertiary/aromatic N) is 1. The maximum atomic E-state index is 11.9. The van der Waals surface area contributed by atoms with Gasteiger partial charge in [-0.25, -0.2) is 0 Å². The van der Waals surface area contributed by atoms with Crippen molar-refractivity contribution in [2.24, 2.45) is 5.92 Å². The molecule has 92 valence electrons. The van der Waals surface area contributed by atoms with E-state index in [1.54, 1.807) is 17.0 Å². The van der Waals surface area contributed by atoms with E-state index in [1.807, 2.05) is 6.07 Å². The summed E-state index contributed by atoms with van der Waals surface area (Å²) >= 11 is 0. The van der Waals surface area contributed by atoms with Gasteiger partial charge in [-0.1, -0.05) is 20.3 Å². The summed E-state index contributed by atoms with van der Waals surface area (Å²) < 4.78 is 5.39. The van der Waals surface area contributed by atoms with Crippen LogP contribution in [0.3, 0.4) is 0 Å². The lowest BCUT2D eigenvalue weighted by molar-refractivity contribution is -0.121. The van der Waals surface area contributed by atoms with Crippen LogP contribution in [0.15, 0.2) is 18.2 Å². The van der Waals surface area contributed by atoms with Crippen LogP contribution in [-0.2, 0) is 4.79 Å². The molecule has 4 heteroatoms. The van der Waals surface area contributed by atoms with Crippen LogP contribution in [0.5, 0.6) is 5.75 Å². The van der Waals surface area contributed by atoms with Crippen LogP contribution in [0.1, 0.15) is 20.3 Å². The van der Waals surface area contributed by atoms with Crippen molar-refractivity contribution < 1.29 is 9.53 Å². The van der Waals surface area contributed by atoms with E-state index in [0.717, 1.165) is 18.7 Å². The second-order valence-corrected chi connectivity index (χ2v) is 4.53. The van der Waals surface area contributed by atoms with Crippen molar-refractivity contribution in [3.8, 4) is 5.75 Å². The Bertz CT molecular complexity index is 431. The minimum atomic E-state index is 0.0163. The van der Waals surface area contributed by atoms with E-state index in [0.29, 0.717) is 17.4 Å². The Balaban J connectivity index is 2.30. The molecule has 0 bridgehead atoms. The Morgan fingerprint density at radius 2 is 2.29 bits per heavy atom. The zero-order chi connectivity index (χ0) is 12.4. The summed E-state index contributed by atoms with van der Waals surface area (Å²) in [4.78, 5) is 13.7. The number of nitrogen functional groups attached to an aromatic ring is 1. The average Bonchev–Trinajstić information content (AvgIpc) is 2.32. The molecule has 0 fully saturated rings. The van der Waals surface area contributed by atoms with Crippen molar-refractivity contribution >= 4 is 17.3 Å². The first-order valence-corrected chi connectivity index (χ1v) is 5.94. The average molecular weight is 234 g/mol. The number of hydrogen-bond donors (Lipinski definition) is 1. The summed E-state index contributed by atoms with van der Waals surface area (Å²) in [6, 6.07) is 5.42. The summed E-state index contributed by atoms with van der Waals surface area (Å²) in [6.07, 6.45) is 1.05. The highest BCUT2D eigenvalue weighted by molar-refractivity contribution is 5.98. The van der Waals surface area contributed by atoms with Gasteiger partial charge in [-0.05, 0) is 18.1 Å².